The van der Waals surface area contributed by atoms with E-state index in [4.69, 9.17) is 4.74 Å². The van der Waals surface area contributed by atoms with Crippen LogP contribution in [-0.4, -0.2) is 38.6 Å². The number of likely N-dealkylation sites (tertiary alicyclic amines) is 1. The van der Waals surface area contributed by atoms with Gasteiger partial charge in [-0.15, -0.1) is 5.10 Å². The standard InChI is InChI=1S/C15H25N3O2S/c1-15(2,3)20-14(19)8-7-13-6-4-5-9-18(13)10-12-11-21-17-16-12/h11,13H,4-10H2,1-3H3. The van der Waals surface area contributed by atoms with Crippen LogP contribution in [0.2, 0.25) is 0 Å². The number of hydrogen-bond acceptors (Lipinski definition) is 6. The molecule has 1 saturated heterocycles. The first-order chi connectivity index (χ1) is 9.94. The molecule has 1 aliphatic rings. The van der Waals surface area contributed by atoms with Crippen LogP contribution in [-0.2, 0) is 16.1 Å². The van der Waals surface area contributed by atoms with Crippen LogP contribution in [0.15, 0.2) is 5.38 Å². The summed E-state index contributed by atoms with van der Waals surface area (Å²) in [6, 6.07) is 0.452. The van der Waals surface area contributed by atoms with E-state index >= 15 is 0 Å². The van der Waals surface area contributed by atoms with Crippen molar-refractivity contribution in [1.29, 1.82) is 0 Å². The predicted octanol–water partition coefficient (Wildman–Crippen LogP) is 3.01. The Hall–Kier alpha value is -1.01. The maximum absolute atomic E-state index is 11.9. The van der Waals surface area contributed by atoms with Gasteiger partial charge >= 0.3 is 5.97 Å². The molecule has 1 unspecified atom stereocenters. The van der Waals surface area contributed by atoms with Gasteiger partial charge in [-0.1, -0.05) is 10.9 Å². The molecule has 0 N–H and O–H groups in total. The van der Waals surface area contributed by atoms with Crippen LogP contribution in [0.3, 0.4) is 0 Å². The highest BCUT2D eigenvalue weighted by molar-refractivity contribution is 7.03. The largest absolute Gasteiger partial charge is 0.460 e. The lowest BCUT2D eigenvalue weighted by atomic mass is 9.97. The molecule has 1 aromatic heterocycles. The Bertz CT molecular complexity index is 442. The summed E-state index contributed by atoms with van der Waals surface area (Å²) in [5.41, 5.74) is 0.638. The van der Waals surface area contributed by atoms with Crippen molar-refractivity contribution >= 4 is 17.5 Å². The van der Waals surface area contributed by atoms with Gasteiger partial charge in [-0.3, -0.25) is 9.69 Å². The number of piperidine rings is 1. The molecule has 1 fully saturated rings. The molecule has 5 nitrogen and oxygen atoms in total. The second kappa shape index (κ2) is 7.31. The van der Waals surface area contributed by atoms with Crippen LogP contribution in [0, 0.1) is 0 Å². The lowest BCUT2D eigenvalue weighted by Gasteiger charge is -2.35. The summed E-state index contributed by atoms with van der Waals surface area (Å²) in [5.74, 6) is -0.0941. The SMILES string of the molecule is CC(C)(C)OC(=O)CCC1CCCCN1Cc1csnn1. The summed E-state index contributed by atoms with van der Waals surface area (Å²) in [6.45, 7) is 7.65. The topological polar surface area (TPSA) is 55.3 Å². The molecule has 1 aromatic rings. The third-order valence-corrected chi connectivity index (χ3v) is 4.17. The van der Waals surface area contributed by atoms with Gasteiger partial charge in [0.1, 0.15) is 5.60 Å². The molecule has 1 atom stereocenters. The minimum Gasteiger partial charge on any atom is -0.460 e. The molecule has 2 rings (SSSR count). The Labute approximate surface area is 130 Å². The first kappa shape index (κ1) is 16.4. The Kier molecular flexibility index (Phi) is 5.70. The molecule has 0 amide bonds. The molecular formula is C15H25N3O2S. The van der Waals surface area contributed by atoms with Crippen LogP contribution < -0.4 is 0 Å². The van der Waals surface area contributed by atoms with Crippen LogP contribution in [0.25, 0.3) is 0 Å². The Morgan fingerprint density at radius 3 is 2.95 bits per heavy atom. The van der Waals surface area contributed by atoms with Gasteiger partial charge in [0.15, 0.2) is 0 Å². The summed E-state index contributed by atoms with van der Waals surface area (Å²) >= 11 is 1.39. The highest BCUT2D eigenvalue weighted by Crippen LogP contribution is 2.23. The van der Waals surface area contributed by atoms with E-state index in [1.54, 1.807) is 0 Å². The average molecular weight is 311 g/mol. The lowest BCUT2D eigenvalue weighted by molar-refractivity contribution is -0.155. The predicted molar refractivity (Wildman–Crippen MR) is 83.0 cm³/mol. The van der Waals surface area contributed by atoms with Gasteiger partial charge in [0.05, 0.1) is 5.69 Å². The average Bonchev–Trinajstić information content (AvgIpc) is 2.88. The van der Waals surface area contributed by atoms with E-state index in [2.05, 4.69) is 14.5 Å². The first-order valence-electron chi connectivity index (χ1n) is 7.66. The van der Waals surface area contributed by atoms with Gasteiger partial charge in [-0.05, 0) is 58.1 Å². The van der Waals surface area contributed by atoms with E-state index in [0.717, 1.165) is 31.6 Å². The van der Waals surface area contributed by atoms with Gasteiger partial charge < -0.3 is 4.74 Å². The number of carbonyl (C=O) groups is 1. The van der Waals surface area contributed by atoms with Crippen molar-refractivity contribution in [2.75, 3.05) is 6.54 Å². The number of rotatable bonds is 5. The van der Waals surface area contributed by atoms with Gasteiger partial charge in [0.25, 0.3) is 0 Å². The molecule has 0 spiro atoms. The molecular weight excluding hydrogens is 286 g/mol. The highest BCUT2D eigenvalue weighted by Gasteiger charge is 2.25. The van der Waals surface area contributed by atoms with Crippen molar-refractivity contribution < 1.29 is 9.53 Å². The molecule has 21 heavy (non-hydrogen) atoms. The number of aromatic nitrogens is 2. The smallest absolute Gasteiger partial charge is 0.306 e. The van der Waals surface area contributed by atoms with Crippen molar-refractivity contribution in [2.45, 2.75) is 71.1 Å². The van der Waals surface area contributed by atoms with Crippen LogP contribution in [0.1, 0.15) is 58.6 Å². The number of nitrogens with zero attached hydrogens (tertiary/aromatic N) is 3. The number of carbonyl (C=O) groups excluding carboxylic acids is 1. The van der Waals surface area contributed by atoms with E-state index in [1.165, 1.54) is 24.4 Å². The molecule has 2 heterocycles. The van der Waals surface area contributed by atoms with Gasteiger partial charge in [-0.25, -0.2) is 0 Å². The van der Waals surface area contributed by atoms with Crippen molar-refractivity contribution in [3.8, 4) is 0 Å². The van der Waals surface area contributed by atoms with Crippen molar-refractivity contribution in [2.24, 2.45) is 0 Å². The van der Waals surface area contributed by atoms with Crippen LogP contribution in [0.4, 0.5) is 0 Å². The zero-order chi connectivity index (χ0) is 15.3. The summed E-state index contributed by atoms with van der Waals surface area (Å²) in [5, 5.41) is 6.12. The van der Waals surface area contributed by atoms with Gasteiger partial charge in [0, 0.05) is 24.4 Å². The third-order valence-electron chi connectivity index (χ3n) is 3.62. The Morgan fingerprint density at radius 2 is 2.29 bits per heavy atom. The van der Waals surface area contributed by atoms with E-state index in [-0.39, 0.29) is 5.97 Å². The Balaban J connectivity index is 1.83. The van der Waals surface area contributed by atoms with E-state index in [1.807, 2.05) is 26.2 Å². The summed E-state index contributed by atoms with van der Waals surface area (Å²) < 4.78 is 9.31. The molecule has 118 valence electrons. The monoisotopic (exact) mass is 311 g/mol. The normalized spacial score (nSPS) is 20.4. The zero-order valence-electron chi connectivity index (χ0n) is 13.2. The lowest BCUT2D eigenvalue weighted by Crippen LogP contribution is -2.39. The highest BCUT2D eigenvalue weighted by atomic mass is 32.1. The molecule has 0 aromatic carbocycles. The van der Waals surface area contributed by atoms with Crippen LogP contribution in [0.5, 0.6) is 0 Å². The van der Waals surface area contributed by atoms with Gasteiger partial charge in [0.2, 0.25) is 0 Å². The Morgan fingerprint density at radius 1 is 1.48 bits per heavy atom. The van der Waals surface area contributed by atoms with E-state index < -0.39 is 5.60 Å². The summed E-state index contributed by atoms with van der Waals surface area (Å²) in [7, 11) is 0. The third kappa shape index (κ3) is 5.71. The molecule has 1 aliphatic heterocycles. The fourth-order valence-electron chi connectivity index (χ4n) is 2.73. The second-order valence-electron chi connectivity index (χ2n) is 6.64. The summed E-state index contributed by atoms with van der Waals surface area (Å²) in [6.07, 6.45) is 4.98. The quantitative estimate of drug-likeness (QED) is 0.782. The fourth-order valence-corrected chi connectivity index (χ4v) is 3.18. The van der Waals surface area contributed by atoms with E-state index in [9.17, 15) is 4.79 Å². The minimum atomic E-state index is -0.393. The number of esters is 1. The first-order valence-corrected chi connectivity index (χ1v) is 8.49. The molecule has 0 saturated carbocycles. The molecule has 0 radical (unpaired) electrons. The number of ether oxygens (including phenoxy) is 1. The van der Waals surface area contributed by atoms with Crippen molar-refractivity contribution in [1.82, 2.24) is 14.5 Å². The maximum atomic E-state index is 11.9. The fraction of sp³-hybridized carbons (Fsp3) is 0.800. The maximum Gasteiger partial charge on any atom is 0.306 e. The van der Waals surface area contributed by atoms with E-state index in [0.29, 0.717) is 12.5 Å². The van der Waals surface area contributed by atoms with Crippen molar-refractivity contribution in [3.63, 3.8) is 0 Å². The second-order valence-corrected chi connectivity index (χ2v) is 7.25. The zero-order valence-corrected chi connectivity index (χ0v) is 14.0. The summed E-state index contributed by atoms with van der Waals surface area (Å²) in [4.78, 5) is 14.3. The number of hydrogen-bond donors (Lipinski definition) is 0. The van der Waals surface area contributed by atoms with Gasteiger partial charge in [-0.2, -0.15) is 0 Å². The molecule has 6 heteroatoms. The molecule has 0 aliphatic carbocycles. The van der Waals surface area contributed by atoms with Crippen molar-refractivity contribution in [3.05, 3.63) is 11.1 Å². The minimum absolute atomic E-state index is 0.0941. The molecule has 0 bridgehead atoms. The van der Waals surface area contributed by atoms with Crippen LogP contribution >= 0.6 is 11.5 Å².